The maximum atomic E-state index is 12.7. The van der Waals surface area contributed by atoms with Gasteiger partial charge < -0.3 is 9.47 Å². The van der Waals surface area contributed by atoms with Crippen LogP contribution in [-0.2, 0) is 17.9 Å². The third kappa shape index (κ3) is 3.89. The molecule has 3 nitrogen and oxygen atoms in total. The predicted octanol–water partition coefficient (Wildman–Crippen LogP) is 6.71. The molecule has 131 valence electrons. The fourth-order valence-electron chi connectivity index (χ4n) is 2.81. The summed E-state index contributed by atoms with van der Waals surface area (Å²) in [6, 6.07) is 20.4. The second-order valence-electron chi connectivity index (χ2n) is 5.84. The lowest BCUT2D eigenvalue weighted by Gasteiger charge is -2.19. The van der Waals surface area contributed by atoms with Gasteiger partial charge in [-0.2, -0.15) is 0 Å². The molecule has 0 N–H and O–H groups in total. The minimum atomic E-state index is -0.112. The van der Waals surface area contributed by atoms with E-state index in [1.807, 2.05) is 67.6 Å². The molecule has 3 rings (SSSR count). The molecule has 0 saturated carbocycles. The molecule has 0 atom stereocenters. The summed E-state index contributed by atoms with van der Waals surface area (Å²) in [5.41, 5.74) is 1.47. The van der Waals surface area contributed by atoms with Gasteiger partial charge in [-0.15, -0.1) is 6.58 Å². The number of hydrogen-bond donors (Lipinski definition) is 0. The summed E-state index contributed by atoms with van der Waals surface area (Å²) in [6.07, 6.45) is 2.83. The molecule has 0 aliphatic rings. The van der Waals surface area contributed by atoms with E-state index in [9.17, 15) is 5.11 Å². The first kappa shape index (κ1) is 17.6. The van der Waals surface area contributed by atoms with Gasteiger partial charge >= 0.3 is 0 Å². The SMILES string of the molecule is C=CCc1c([O])cc(Oc2ccccc2)c(CC)c1Oc1ccccc1. The summed E-state index contributed by atoms with van der Waals surface area (Å²) in [5, 5.41) is 12.7. The second kappa shape index (κ2) is 8.26. The van der Waals surface area contributed by atoms with E-state index in [0.29, 0.717) is 41.4 Å². The van der Waals surface area contributed by atoms with E-state index in [-0.39, 0.29) is 5.75 Å². The van der Waals surface area contributed by atoms with Gasteiger partial charge in [0.2, 0.25) is 0 Å². The van der Waals surface area contributed by atoms with Crippen LogP contribution in [0.25, 0.3) is 0 Å². The van der Waals surface area contributed by atoms with Crippen molar-refractivity contribution in [3.8, 4) is 28.7 Å². The Balaban J connectivity index is 2.09. The van der Waals surface area contributed by atoms with Gasteiger partial charge in [0.1, 0.15) is 23.0 Å². The maximum absolute atomic E-state index is 12.7. The first-order valence-electron chi connectivity index (χ1n) is 8.65. The van der Waals surface area contributed by atoms with Crippen LogP contribution < -0.4 is 9.47 Å². The molecule has 26 heavy (non-hydrogen) atoms. The van der Waals surface area contributed by atoms with Crippen LogP contribution in [0.3, 0.4) is 0 Å². The molecule has 3 heteroatoms. The third-order valence-electron chi connectivity index (χ3n) is 4.04. The van der Waals surface area contributed by atoms with Crippen molar-refractivity contribution in [2.45, 2.75) is 19.8 Å². The van der Waals surface area contributed by atoms with E-state index in [1.54, 1.807) is 12.1 Å². The van der Waals surface area contributed by atoms with Gasteiger partial charge in [-0.3, -0.25) is 5.11 Å². The largest absolute Gasteiger partial charge is 0.457 e. The molecule has 0 unspecified atom stereocenters. The molecule has 0 bridgehead atoms. The van der Waals surface area contributed by atoms with Gasteiger partial charge in [0, 0.05) is 17.2 Å². The van der Waals surface area contributed by atoms with E-state index < -0.39 is 0 Å². The number of benzene rings is 3. The Morgan fingerprint density at radius 3 is 2.00 bits per heavy atom. The summed E-state index contributed by atoms with van der Waals surface area (Å²) in [6.45, 7) is 5.79. The first-order valence-corrected chi connectivity index (χ1v) is 8.65. The number of para-hydroxylation sites is 2. The summed E-state index contributed by atoms with van der Waals surface area (Å²) in [4.78, 5) is 0. The summed E-state index contributed by atoms with van der Waals surface area (Å²) >= 11 is 0. The molecule has 3 aromatic rings. The molecule has 0 spiro atoms. The fourth-order valence-corrected chi connectivity index (χ4v) is 2.81. The van der Waals surface area contributed by atoms with Gasteiger partial charge in [0.05, 0.1) is 0 Å². The third-order valence-corrected chi connectivity index (χ3v) is 4.04. The van der Waals surface area contributed by atoms with E-state index >= 15 is 0 Å². The topological polar surface area (TPSA) is 38.4 Å². The highest BCUT2D eigenvalue weighted by Gasteiger charge is 2.21. The van der Waals surface area contributed by atoms with Crippen molar-refractivity contribution in [1.82, 2.24) is 0 Å². The van der Waals surface area contributed by atoms with Crippen LogP contribution in [0.1, 0.15) is 18.1 Å². The molecule has 0 heterocycles. The van der Waals surface area contributed by atoms with Crippen LogP contribution in [-0.4, -0.2) is 0 Å². The smallest absolute Gasteiger partial charge is 0.189 e. The lowest BCUT2D eigenvalue weighted by Crippen LogP contribution is -2.00. The number of allylic oxidation sites excluding steroid dienone is 1. The molecule has 3 aromatic carbocycles. The molecular weight excluding hydrogens is 324 g/mol. The Bertz CT molecular complexity index is 871. The highest BCUT2D eigenvalue weighted by molar-refractivity contribution is 5.59. The van der Waals surface area contributed by atoms with Crippen molar-refractivity contribution in [3.05, 3.63) is 90.5 Å². The normalized spacial score (nSPS) is 10.3. The predicted molar refractivity (Wildman–Crippen MR) is 103 cm³/mol. The monoisotopic (exact) mass is 345 g/mol. The zero-order chi connectivity index (χ0) is 18.4. The van der Waals surface area contributed by atoms with Crippen LogP contribution >= 0.6 is 0 Å². The van der Waals surface area contributed by atoms with Gasteiger partial charge in [-0.05, 0) is 37.1 Å². The first-order chi connectivity index (χ1) is 12.7. The number of hydrogen-bond acceptors (Lipinski definition) is 2. The molecule has 0 aliphatic heterocycles. The maximum Gasteiger partial charge on any atom is 0.189 e. The highest BCUT2D eigenvalue weighted by atomic mass is 16.5. The number of rotatable bonds is 7. The highest BCUT2D eigenvalue weighted by Crippen LogP contribution is 2.43. The summed E-state index contributed by atoms with van der Waals surface area (Å²) in [7, 11) is 0. The lowest BCUT2D eigenvalue weighted by atomic mass is 10.0. The van der Waals surface area contributed by atoms with Crippen molar-refractivity contribution in [2.75, 3.05) is 0 Å². The van der Waals surface area contributed by atoms with Crippen LogP contribution in [0.4, 0.5) is 0 Å². The minimum absolute atomic E-state index is 0.112. The van der Waals surface area contributed by atoms with Gasteiger partial charge in [-0.1, -0.05) is 49.4 Å². The number of ether oxygens (including phenoxy) is 2. The minimum Gasteiger partial charge on any atom is -0.457 e. The molecule has 0 aromatic heterocycles. The Kier molecular flexibility index (Phi) is 5.59. The van der Waals surface area contributed by atoms with Crippen LogP contribution in [0.5, 0.6) is 28.7 Å². The van der Waals surface area contributed by atoms with Crippen molar-refractivity contribution in [3.63, 3.8) is 0 Å². The van der Waals surface area contributed by atoms with Gasteiger partial charge in [-0.25, -0.2) is 0 Å². The van der Waals surface area contributed by atoms with Crippen molar-refractivity contribution in [2.24, 2.45) is 0 Å². The molecule has 0 amide bonds. The standard InChI is InChI=1S/C23H21O3/c1-3-11-20-21(24)16-22(25-17-12-7-5-8-13-17)19(4-2)23(20)26-18-14-9-6-10-15-18/h3,5-10,12-16H,1,4,11H2,2H3. The van der Waals surface area contributed by atoms with Gasteiger partial charge in [0.15, 0.2) is 5.75 Å². The van der Waals surface area contributed by atoms with Crippen LogP contribution in [0.15, 0.2) is 79.4 Å². The summed E-state index contributed by atoms with van der Waals surface area (Å²) < 4.78 is 12.1. The quantitative estimate of drug-likeness (QED) is 0.447. The van der Waals surface area contributed by atoms with E-state index in [0.717, 1.165) is 5.56 Å². The molecule has 1 radical (unpaired) electrons. The van der Waals surface area contributed by atoms with E-state index in [1.165, 1.54) is 0 Å². The molecule has 0 saturated heterocycles. The molecular formula is C23H21O3. The van der Waals surface area contributed by atoms with E-state index in [2.05, 4.69) is 6.58 Å². The fraction of sp³-hybridized carbons (Fsp3) is 0.130. The second-order valence-corrected chi connectivity index (χ2v) is 5.84. The average molecular weight is 345 g/mol. The molecule has 0 fully saturated rings. The van der Waals surface area contributed by atoms with Crippen molar-refractivity contribution >= 4 is 0 Å². The Morgan fingerprint density at radius 2 is 1.46 bits per heavy atom. The Labute approximate surface area is 154 Å². The average Bonchev–Trinajstić information content (AvgIpc) is 2.66. The summed E-state index contributed by atoms with van der Waals surface area (Å²) in [5.74, 6) is 2.35. The zero-order valence-electron chi connectivity index (χ0n) is 14.8. The van der Waals surface area contributed by atoms with E-state index in [4.69, 9.17) is 9.47 Å². The van der Waals surface area contributed by atoms with Crippen LogP contribution in [0, 0.1) is 0 Å². The van der Waals surface area contributed by atoms with Gasteiger partial charge in [0.25, 0.3) is 0 Å². The Morgan fingerprint density at radius 1 is 0.885 bits per heavy atom. The van der Waals surface area contributed by atoms with Crippen molar-refractivity contribution < 1.29 is 14.6 Å². The zero-order valence-corrected chi connectivity index (χ0v) is 14.8. The van der Waals surface area contributed by atoms with Crippen molar-refractivity contribution in [1.29, 1.82) is 0 Å². The Hall–Kier alpha value is -3.20. The molecule has 0 aliphatic carbocycles. The lowest BCUT2D eigenvalue weighted by molar-refractivity contribution is 0.342. The van der Waals surface area contributed by atoms with Crippen LogP contribution in [0.2, 0.25) is 0 Å².